The molecule has 1 aromatic rings. The first kappa shape index (κ1) is 16.0. The van der Waals surface area contributed by atoms with Crippen molar-refractivity contribution >= 4 is 0 Å². The van der Waals surface area contributed by atoms with Crippen LogP contribution in [0.5, 0.6) is 0 Å². The van der Waals surface area contributed by atoms with E-state index in [2.05, 4.69) is 25.8 Å². The number of terminal acetylenes is 1. The number of furan rings is 1. The molecule has 134 valence electrons. The number of aliphatic hydroxyl groups is 1. The molecule has 4 aliphatic rings. The third kappa shape index (κ3) is 1.86. The molecular weight excluding hydrogens is 308 g/mol. The van der Waals surface area contributed by atoms with E-state index in [0.717, 1.165) is 43.4 Å². The maximum atomic E-state index is 11.1. The fraction of sp³-hybridized carbons (Fsp3) is 0.739. The number of hydrogen-bond acceptors (Lipinski definition) is 2. The second-order valence-corrected chi connectivity index (χ2v) is 9.91. The molecule has 5 rings (SSSR count). The number of fused-ring (bicyclic) bond motifs is 6. The first-order valence-corrected chi connectivity index (χ1v) is 10.2. The molecule has 0 amide bonds. The van der Waals surface area contributed by atoms with Gasteiger partial charge in [-0.05, 0) is 85.7 Å². The van der Waals surface area contributed by atoms with E-state index < -0.39 is 5.60 Å². The molecule has 1 heterocycles. The molecule has 25 heavy (non-hydrogen) atoms. The molecular formula is C23H30O2. The zero-order chi connectivity index (χ0) is 17.4. The Morgan fingerprint density at radius 2 is 1.96 bits per heavy atom. The summed E-state index contributed by atoms with van der Waals surface area (Å²) in [5.41, 5.74) is 0.865. The molecule has 2 nitrogen and oxygen atoms in total. The first-order chi connectivity index (χ1) is 11.9. The van der Waals surface area contributed by atoms with Gasteiger partial charge in [-0.3, -0.25) is 0 Å². The van der Waals surface area contributed by atoms with Gasteiger partial charge in [-0.1, -0.05) is 19.8 Å². The van der Waals surface area contributed by atoms with E-state index in [0.29, 0.717) is 11.3 Å². The maximum Gasteiger partial charge on any atom is 0.130 e. The minimum atomic E-state index is -0.884. The Kier molecular flexibility index (Phi) is 3.17. The lowest BCUT2D eigenvalue weighted by molar-refractivity contribution is -0.128. The summed E-state index contributed by atoms with van der Waals surface area (Å²) < 4.78 is 5.76. The van der Waals surface area contributed by atoms with Crippen molar-refractivity contribution in [2.75, 3.05) is 0 Å². The summed E-state index contributed by atoms with van der Waals surface area (Å²) in [4.78, 5) is 0. The van der Waals surface area contributed by atoms with Crippen LogP contribution in [-0.4, -0.2) is 10.7 Å². The summed E-state index contributed by atoms with van der Waals surface area (Å²) in [6.07, 6.45) is 16.8. The lowest BCUT2D eigenvalue weighted by Crippen LogP contribution is -2.56. The van der Waals surface area contributed by atoms with Gasteiger partial charge in [0.25, 0.3) is 0 Å². The summed E-state index contributed by atoms with van der Waals surface area (Å²) >= 11 is 0. The summed E-state index contributed by atoms with van der Waals surface area (Å²) in [6.45, 7) is 4.83. The monoisotopic (exact) mass is 338 g/mol. The average Bonchev–Trinajstić information content (AvgIpc) is 3.14. The number of hydrogen-bond donors (Lipinski definition) is 1. The van der Waals surface area contributed by atoms with Crippen LogP contribution in [0.3, 0.4) is 0 Å². The molecule has 0 spiro atoms. The average molecular weight is 338 g/mol. The molecule has 0 aromatic carbocycles. The lowest BCUT2D eigenvalue weighted by Gasteiger charge is -2.60. The van der Waals surface area contributed by atoms with E-state index in [1.54, 1.807) is 0 Å². The zero-order valence-corrected chi connectivity index (χ0v) is 15.6. The van der Waals surface area contributed by atoms with Gasteiger partial charge in [0.15, 0.2) is 0 Å². The second kappa shape index (κ2) is 4.95. The molecule has 1 N–H and O–H groups in total. The molecule has 2 heteroatoms. The zero-order valence-electron chi connectivity index (χ0n) is 15.6. The Morgan fingerprint density at radius 1 is 1.16 bits per heavy atom. The van der Waals surface area contributed by atoms with Gasteiger partial charge in [-0.15, -0.1) is 6.42 Å². The van der Waals surface area contributed by atoms with Crippen molar-refractivity contribution in [1.29, 1.82) is 0 Å². The van der Waals surface area contributed by atoms with Crippen molar-refractivity contribution in [2.45, 2.75) is 70.8 Å². The Hall–Kier alpha value is -1.20. The first-order valence-electron chi connectivity index (χ1n) is 10.2. The smallest absolute Gasteiger partial charge is 0.130 e. The molecule has 3 fully saturated rings. The van der Waals surface area contributed by atoms with Crippen molar-refractivity contribution in [1.82, 2.24) is 0 Å². The highest BCUT2D eigenvalue weighted by Crippen LogP contribution is 2.67. The molecule has 0 bridgehead atoms. The minimum Gasteiger partial charge on any atom is -0.469 e. The van der Waals surface area contributed by atoms with Gasteiger partial charge in [-0.2, -0.15) is 0 Å². The summed E-state index contributed by atoms with van der Waals surface area (Å²) in [5, 5.41) is 11.1. The minimum absolute atomic E-state index is 0.0818. The summed E-state index contributed by atoms with van der Waals surface area (Å²) in [6, 6.07) is 2.19. The molecule has 1 aromatic heterocycles. The molecule has 4 aliphatic carbocycles. The normalized spacial score (nSPS) is 51.0. The molecule has 0 aliphatic heterocycles. The third-order valence-corrected chi connectivity index (χ3v) is 9.30. The van der Waals surface area contributed by atoms with E-state index in [1.807, 2.05) is 6.26 Å². The quantitative estimate of drug-likeness (QED) is 0.701. The van der Waals surface area contributed by atoms with E-state index in [-0.39, 0.29) is 5.41 Å². The van der Waals surface area contributed by atoms with Gasteiger partial charge in [0.1, 0.15) is 11.4 Å². The van der Waals surface area contributed by atoms with Crippen LogP contribution in [0.4, 0.5) is 0 Å². The highest BCUT2D eigenvalue weighted by molar-refractivity contribution is 5.28. The second-order valence-electron chi connectivity index (χ2n) is 9.91. The van der Waals surface area contributed by atoms with Crippen LogP contribution in [0.1, 0.15) is 63.7 Å². The van der Waals surface area contributed by atoms with Gasteiger partial charge in [0.05, 0.1) is 6.26 Å². The Balaban J connectivity index is 1.50. The van der Waals surface area contributed by atoms with Crippen molar-refractivity contribution in [3.05, 3.63) is 23.7 Å². The van der Waals surface area contributed by atoms with Crippen LogP contribution in [0.25, 0.3) is 0 Å². The maximum absolute atomic E-state index is 11.1. The van der Waals surface area contributed by atoms with E-state index in [1.165, 1.54) is 37.0 Å². The molecule has 0 unspecified atom stereocenters. The highest BCUT2D eigenvalue weighted by Gasteiger charge is 2.64. The van der Waals surface area contributed by atoms with Gasteiger partial charge in [0, 0.05) is 11.8 Å². The Morgan fingerprint density at radius 3 is 2.76 bits per heavy atom. The summed E-state index contributed by atoms with van der Waals surface area (Å²) in [7, 11) is 0. The lowest BCUT2D eigenvalue weighted by atomic mass is 9.44. The van der Waals surface area contributed by atoms with Crippen LogP contribution < -0.4 is 0 Å². The van der Waals surface area contributed by atoms with Gasteiger partial charge >= 0.3 is 0 Å². The molecule has 0 radical (unpaired) electrons. The van der Waals surface area contributed by atoms with E-state index in [9.17, 15) is 5.11 Å². The predicted octanol–water partition coefficient (Wildman–Crippen LogP) is 4.60. The molecule has 0 saturated heterocycles. The van der Waals surface area contributed by atoms with Crippen molar-refractivity contribution in [3.8, 4) is 12.3 Å². The topological polar surface area (TPSA) is 33.4 Å². The Bertz CT molecular complexity index is 742. The van der Waals surface area contributed by atoms with Gasteiger partial charge in [0.2, 0.25) is 0 Å². The van der Waals surface area contributed by atoms with Crippen LogP contribution in [0, 0.1) is 46.8 Å². The third-order valence-electron chi connectivity index (χ3n) is 9.30. The van der Waals surface area contributed by atoms with Crippen molar-refractivity contribution in [3.63, 3.8) is 0 Å². The largest absolute Gasteiger partial charge is 0.469 e. The standard InChI is InChI=1S/C23H30O2/c1-4-23(24)11-8-19-17-6-5-16-13-20-15(9-12-25-20)14-21(16,2)18(17)7-10-22(19,23)3/h1,9,12,16-19,24H,5-8,10-11,13-14H2,2-3H3/t16-,17+,18-,19-,21-,22-,23-/m0/s1. The van der Waals surface area contributed by atoms with Crippen molar-refractivity contribution in [2.24, 2.45) is 34.5 Å². The number of rotatable bonds is 0. The fourth-order valence-electron chi connectivity index (χ4n) is 7.74. The predicted molar refractivity (Wildman–Crippen MR) is 97.8 cm³/mol. The Labute approximate surface area is 151 Å². The van der Waals surface area contributed by atoms with E-state index >= 15 is 0 Å². The SMILES string of the molecule is C#C[C@]1(O)CC[C@H]2[C@@H]3CC[C@H]4Cc5occc5C[C@]4(C)[C@H]3CC[C@@]21C. The summed E-state index contributed by atoms with van der Waals surface area (Å²) in [5.74, 6) is 6.88. The fourth-order valence-corrected chi connectivity index (χ4v) is 7.74. The van der Waals surface area contributed by atoms with Crippen LogP contribution in [0.15, 0.2) is 16.7 Å². The van der Waals surface area contributed by atoms with Crippen molar-refractivity contribution < 1.29 is 9.52 Å². The van der Waals surface area contributed by atoms with Crippen LogP contribution >= 0.6 is 0 Å². The van der Waals surface area contributed by atoms with Crippen LogP contribution in [0.2, 0.25) is 0 Å². The highest BCUT2D eigenvalue weighted by atomic mass is 16.3. The van der Waals surface area contributed by atoms with Crippen LogP contribution in [-0.2, 0) is 12.8 Å². The molecule has 3 saturated carbocycles. The molecule has 7 atom stereocenters. The van der Waals surface area contributed by atoms with E-state index in [4.69, 9.17) is 10.8 Å². The van der Waals surface area contributed by atoms with Gasteiger partial charge in [-0.25, -0.2) is 0 Å². The van der Waals surface area contributed by atoms with Gasteiger partial charge < -0.3 is 9.52 Å².